The SMILES string of the molecule is C[C@H]1CN(S(C)(=O)=O)CC[C@@H]1c1nc(-c2cn[nH]c2)c(N2CCCCC2)n2nc(N)nc12. The quantitative estimate of drug-likeness (QED) is 0.598. The summed E-state index contributed by atoms with van der Waals surface area (Å²) in [4.78, 5) is 12.0. The van der Waals surface area contributed by atoms with Gasteiger partial charge in [-0.15, -0.1) is 5.10 Å². The summed E-state index contributed by atoms with van der Waals surface area (Å²) in [7, 11) is -3.23. The van der Waals surface area contributed by atoms with Crippen LogP contribution in [-0.2, 0) is 10.0 Å². The first-order valence-electron chi connectivity index (χ1n) is 11.1. The standard InChI is InChI=1S/C20H29N9O2S/c1-13-12-28(32(2,30)31)9-6-15(13)17-18-25-20(21)26-29(18)19(27-7-4-3-5-8-27)16(24-17)14-10-22-23-11-14/h10-11,13,15H,3-9,12H2,1-2H3,(H2,21,26)(H,22,23)/t13-,15-/m0/s1. The van der Waals surface area contributed by atoms with Crippen LogP contribution < -0.4 is 10.6 Å². The molecule has 0 saturated carbocycles. The molecule has 12 heteroatoms. The minimum absolute atomic E-state index is 0.0418. The number of rotatable bonds is 4. The van der Waals surface area contributed by atoms with Crippen LogP contribution in [0, 0.1) is 5.92 Å². The molecule has 3 aromatic rings. The number of aromatic amines is 1. The number of hydrogen-bond donors (Lipinski definition) is 2. The van der Waals surface area contributed by atoms with E-state index >= 15 is 0 Å². The van der Waals surface area contributed by atoms with E-state index in [1.54, 1.807) is 10.5 Å². The Labute approximate surface area is 187 Å². The molecule has 2 fully saturated rings. The van der Waals surface area contributed by atoms with Gasteiger partial charge >= 0.3 is 0 Å². The molecular formula is C20H29N9O2S. The predicted octanol–water partition coefficient (Wildman–Crippen LogP) is 1.47. The minimum atomic E-state index is -3.23. The van der Waals surface area contributed by atoms with Crippen LogP contribution in [0.4, 0.5) is 11.8 Å². The second-order valence-corrected chi connectivity index (χ2v) is 10.9. The third kappa shape index (κ3) is 3.71. The maximum Gasteiger partial charge on any atom is 0.240 e. The van der Waals surface area contributed by atoms with E-state index in [1.165, 1.54) is 12.7 Å². The van der Waals surface area contributed by atoms with Gasteiger partial charge in [-0.2, -0.15) is 14.6 Å². The lowest BCUT2D eigenvalue weighted by molar-refractivity contribution is 0.247. The van der Waals surface area contributed by atoms with Gasteiger partial charge in [0.05, 0.1) is 18.1 Å². The van der Waals surface area contributed by atoms with Gasteiger partial charge in [0.15, 0.2) is 11.5 Å². The first-order chi connectivity index (χ1) is 15.3. The topological polar surface area (TPSA) is 138 Å². The molecule has 0 bridgehead atoms. The molecule has 5 heterocycles. The van der Waals surface area contributed by atoms with Crippen molar-refractivity contribution in [3.05, 3.63) is 18.1 Å². The molecule has 172 valence electrons. The lowest BCUT2D eigenvalue weighted by Gasteiger charge is -2.36. The van der Waals surface area contributed by atoms with E-state index in [0.29, 0.717) is 25.2 Å². The number of sulfonamides is 1. The third-order valence-electron chi connectivity index (χ3n) is 6.61. The van der Waals surface area contributed by atoms with Crippen molar-refractivity contribution in [1.29, 1.82) is 0 Å². The summed E-state index contributed by atoms with van der Waals surface area (Å²) >= 11 is 0. The van der Waals surface area contributed by atoms with Gasteiger partial charge < -0.3 is 10.6 Å². The summed E-state index contributed by atoms with van der Waals surface area (Å²) < 4.78 is 27.5. The highest BCUT2D eigenvalue weighted by atomic mass is 32.2. The first-order valence-corrected chi connectivity index (χ1v) is 12.9. The van der Waals surface area contributed by atoms with Gasteiger partial charge in [-0.1, -0.05) is 6.92 Å². The van der Waals surface area contributed by atoms with E-state index in [2.05, 4.69) is 32.1 Å². The van der Waals surface area contributed by atoms with Gasteiger partial charge in [-0.05, 0) is 31.6 Å². The summed E-state index contributed by atoms with van der Waals surface area (Å²) in [5, 5.41) is 11.6. The molecule has 32 heavy (non-hydrogen) atoms. The Hall–Kier alpha value is -2.73. The monoisotopic (exact) mass is 459 g/mol. The van der Waals surface area contributed by atoms with Crippen LogP contribution >= 0.6 is 0 Å². The molecule has 0 radical (unpaired) electrons. The van der Waals surface area contributed by atoms with Crippen molar-refractivity contribution in [3.63, 3.8) is 0 Å². The number of nitrogen functional groups attached to an aromatic ring is 1. The Morgan fingerprint density at radius 2 is 1.94 bits per heavy atom. The van der Waals surface area contributed by atoms with Crippen molar-refractivity contribution in [2.75, 3.05) is 43.1 Å². The highest BCUT2D eigenvalue weighted by Crippen LogP contribution is 2.39. The molecule has 0 unspecified atom stereocenters. The Morgan fingerprint density at radius 3 is 2.59 bits per heavy atom. The van der Waals surface area contributed by atoms with Gasteiger partial charge in [-0.3, -0.25) is 5.10 Å². The minimum Gasteiger partial charge on any atom is -0.366 e. The normalized spacial score (nSPS) is 23.1. The fourth-order valence-electron chi connectivity index (χ4n) is 4.99. The van der Waals surface area contributed by atoms with Crippen LogP contribution in [-0.4, -0.2) is 74.9 Å². The smallest absolute Gasteiger partial charge is 0.240 e. The number of piperidine rings is 2. The van der Waals surface area contributed by atoms with Crippen LogP contribution in [0.3, 0.4) is 0 Å². The van der Waals surface area contributed by atoms with Crippen LogP contribution in [0.5, 0.6) is 0 Å². The molecule has 3 aromatic heterocycles. The van der Waals surface area contributed by atoms with Gasteiger partial charge in [0.25, 0.3) is 0 Å². The van der Waals surface area contributed by atoms with Gasteiger partial charge in [-0.25, -0.2) is 17.7 Å². The third-order valence-corrected chi connectivity index (χ3v) is 7.88. The Balaban J connectivity index is 1.66. The lowest BCUT2D eigenvalue weighted by Crippen LogP contribution is -2.42. The zero-order chi connectivity index (χ0) is 22.5. The van der Waals surface area contributed by atoms with Crippen molar-refractivity contribution in [1.82, 2.24) is 34.1 Å². The lowest BCUT2D eigenvalue weighted by atomic mass is 9.85. The van der Waals surface area contributed by atoms with Crippen LogP contribution in [0.2, 0.25) is 0 Å². The van der Waals surface area contributed by atoms with Gasteiger partial charge in [0.2, 0.25) is 16.0 Å². The first kappa shape index (κ1) is 21.1. The summed E-state index contributed by atoms with van der Waals surface area (Å²) in [6.07, 6.45) is 8.96. The largest absolute Gasteiger partial charge is 0.366 e. The molecule has 11 nitrogen and oxygen atoms in total. The van der Waals surface area contributed by atoms with Gasteiger partial charge in [0, 0.05) is 43.9 Å². The van der Waals surface area contributed by atoms with Crippen molar-refractivity contribution in [3.8, 4) is 11.3 Å². The molecular weight excluding hydrogens is 430 g/mol. The van der Waals surface area contributed by atoms with Crippen molar-refractivity contribution in [2.24, 2.45) is 5.92 Å². The number of nitrogens with two attached hydrogens (primary N) is 1. The second-order valence-electron chi connectivity index (χ2n) is 8.90. The van der Waals surface area contributed by atoms with Crippen molar-refractivity contribution >= 4 is 27.4 Å². The number of anilines is 2. The molecule has 0 spiro atoms. The van der Waals surface area contributed by atoms with Crippen molar-refractivity contribution in [2.45, 2.75) is 38.5 Å². The van der Waals surface area contributed by atoms with E-state index in [1.807, 2.05) is 10.7 Å². The fourth-order valence-corrected chi connectivity index (χ4v) is 5.93. The highest BCUT2D eigenvalue weighted by Gasteiger charge is 2.35. The van der Waals surface area contributed by atoms with E-state index in [0.717, 1.165) is 48.7 Å². The van der Waals surface area contributed by atoms with Crippen LogP contribution in [0.25, 0.3) is 16.9 Å². The second kappa shape index (κ2) is 8.00. The maximum atomic E-state index is 12.1. The van der Waals surface area contributed by atoms with E-state index in [9.17, 15) is 8.42 Å². The van der Waals surface area contributed by atoms with Crippen LogP contribution in [0.1, 0.15) is 44.2 Å². The Morgan fingerprint density at radius 1 is 1.16 bits per heavy atom. The molecule has 0 aromatic carbocycles. The molecule has 0 amide bonds. The van der Waals surface area contributed by atoms with Crippen molar-refractivity contribution < 1.29 is 8.42 Å². The Kier molecular flexibility index (Phi) is 5.28. The number of hydrogen-bond acceptors (Lipinski definition) is 8. The summed E-state index contributed by atoms with van der Waals surface area (Å²) in [6.45, 7) is 4.82. The highest BCUT2D eigenvalue weighted by molar-refractivity contribution is 7.88. The van der Waals surface area contributed by atoms with Gasteiger partial charge in [0.1, 0.15) is 5.69 Å². The van der Waals surface area contributed by atoms with Crippen LogP contribution in [0.15, 0.2) is 12.4 Å². The van der Waals surface area contributed by atoms with E-state index < -0.39 is 10.0 Å². The number of nitrogens with one attached hydrogen (secondary N) is 1. The molecule has 5 rings (SSSR count). The zero-order valence-electron chi connectivity index (χ0n) is 18.4. The van der Waals surface area contributed by atoms with E-state index in [4.69, 9.17) is 10.7 Å². The summed E-state index contributed by atoms with van der Waals surface area (Å²) in [5.41, 5.74) is 9.21. The Bertz CT molecular complexity index is 1220. The molecule has 2 aliphatic heterocycles. The number of aromatic nitrogens is 6. The summed E-state index contributed by atoms with van der Waals surface area (Å²) in [5.74, 6) is 1.21. The molecule has 2 saturated heterocycles. The van der Waals surface area contributed by atoms with E-state index in [-0.39, 0.29) is 17.8 Å². The number of H-pyrrole nitrogens is 1. The molecule has 3 N–H and O–H groups in total. The average molecular weight is 460 g/mol. The molecule has 0 aliphatic carbocycles. The molecule has 2 aliphatic rings. The molecule has 2 atom stereocenters. The number of nitrogens with zero attached hydrogens (tertiary/aromatic N) is 7. The maximum absolute atomic E-state index is 12.1. The zero-order valence-corrected chi connectivity index (χ0v) is 19.2. The predicted molar refractivity (Wildman–Crippen MR) is 122 cm³/mol. The summed E-state index contributed by atoms with van der Waals surface area (Å²) in [6, 6.07) is 0. The number of fused-ring (bicyclic) bond motifs is 1. The fraction of sp³-hybridized carbons (Fsp3) is 0.600. The average Bonchev–Trinajstić information content (AvgIpc) is 3.42.